The third kappa shape index (κ3) is 2.68. The second-order valence-corrected chi connectivity index (χ2v) is 4.56. The van der Waals surface area contributed by atoms with E-state index in [1.54, 1.807) is 18.3 Å². The average molecular weight is 282 g/mol. The van der Waals surface area contributed by atoms with E-state index >= 15 is 0 Å². The van der Waals surface area contributed by atoms with Crippen LogP contribution >= 0.6 is 15.9 Å². The zero-order valence-corrected chi connectivity index (χ0v) is 10.1. The molecule has 4 nitrogen and oxygen atoms in total. The molecule has 5 heteroatoms. The second kappa shape index (κ2) is 4.76. The van der Waals surface area contributed by atoms with Crippen LogP contribution in [0.1, 0.15) is 6.42 Å². The molecule has 1 aliphatic carbocycles. The van der Waals surface area contributed by atoms with E-state index < -0.39 is 0 Å². The molecule has 0 aromatic carbocycles. The van der Waals surface area contributed by atoms with Crippen LogP contribution in [0, 0.1) is 5.92 Å². The third-order valence-corrected chi connectivity index (χ3v) is 2.92. The number of aromatic nitrogens is 1. The summed E-state index contributed by atoms with van der Waals surface area (Å²) in [6.07, 6.45) is 6.01. The Morgan fingerprint density at radius 1 is 1.50 bits per heavy atom. The van der Waals surface area contributed by atoms with Crippen LogP contribution < -0.4 is 11.1 Å². The van der Waals surface area contributed by atoms with Crippen molar-refractivity contribution in [1.82, 2.24) is 4.98 Å². The molecule has 1 aromatic heterocycles. The number of anilines is 1. The van der Waals surface area contributed by atoms with Gasteiger partial charge in [-0.2, -0.15) is 0 Å². The van der Waals surface area contributed by atoms with E-state index in [-0.39, 0.29) is 17.9 Å². The minimum Gasteiger partial charge on any atom is -0.324 e. The van der Waals surface area contributed by atoms with E-state index in [1.807, 2.05) is 12.2 Å². The number of pyridine rings is 1. The van der Waals surface area contributed by atoms with Gasteiger partial charge in [0.15, 0.2) is 0 Å². The quantitative estimate of drug-likeness (QED) is 0.640. The lowest BCUT2D eigenvalue weighted by Crippen LogP contribution is -2.24. The summed E-state index contributed by atoms with van der Waals surface area (Å²) in [6.45, 7) is 0. The van der Waals surface area contributed by atoms with E-state index in [9.17, 15) is 4.79 Å². The number of amides is 1. The fourth-order valence-electron chi connectivity index (χ4n) is 1.61. The zero-order valence-electron chi connectivity index (χ0n) is 8.56. The van der Waals surface area contributed by atoms with Crippen molar-refractivity contribution in [3.8, 4) is 0 Å². The van der Waals surface area contributed by atoms with E-state index in [4.69, 9.17) is 5.73 Å². The van der Waals surface area contributed by atoms with Gasteiger partial charge >= 0.3 is 0 Å². The number of carbonyl (C=O) groups is 1. The molecule has 0 saturated carbocycles. The monoisotopic (exact) mass is 281 g/mol. The predicted molar refractivity (Wildman–Crippen MR) is 65.8 cm³/mol. The first-order valence-corrected chi connectivity index (χ1v) is 5.81. The van der Waals surface area contributed by atoms with Crippen LogP contribution in [0.4, 0.5) is 5.69 Å². The van der Waals surface area contributed by atoms with Crippen LogP contribution in [0.5, 0.6) is 0 Å². The molecular formula is C11H12BrN3O. The summed E-state index contributed by atoms with van der Waals surface area (Å²) < 4.78 is 0.744. The van der Waals surface area contributed by atoms with E-state index in [0.29, 0.717) is 12.1 Å². The van der Waals surface area contributed by atoms with Crippen LogP contribution in [-0.2, 0) is 4.79 Å². The first-order valence-electron chi connectivity index (χ1n) is 5.01. The molecule has 2 rings (SSSR count). The molecule has 1 amide bonds. The summed E-state index contributed by atoms with van der Waals surface area (Å²) >= 11 is 3.23. The highest BCUT2D eigenvalue weighted by molar-refractivity contribution is 9.10. The first kappa shape index (κ1) is 11.3. The number of hydrogen-bond acceptors (Lipinski definition) is 3. The van der Waals surface area contributed by atoms with E-state index in [2.05, 4.69) is 26.2 Å². The fourth-order valence-corrected chi connectivity index (χ4v) is 1.84. The Morgan fingerprint density at radius 2 is 2.31 bits per heavy atom. The van der Waals surface area contributed by atoms with Crippen LogP contribution in [0.2, 0.25) is 0 Å². The van der Waals surface area contributed by atoms with Crippen molar-refractivity contribution in [2.75, 3.05) is 5.32 Å². The second-order valence-electron chi connectivity index (χ2n) is 3.75. The molecule has 2 atom stereocenters. The molecule has 0 radical (unpaired) electrons. The molecular weight excluding hydrogens is 270 g/mol. The van der Waals surface area contributed by atoms with Gasteiger partial charge in [-0.1, -0.05) is 12.2 Å². The minimum absolute atomic E-state index is 0.00112. The van der Waals surface area contributed by atoms with Crippen molar-refractivity contribution in [3.05, 3.63) is 35.1 Å². The van der Waals surface area contributed by atoms with Gasteiger partial charge < -0.3 is 11.1 Å². The van der Waals surface area contributed by atoms with Gasteiger partial charge in [0.05, 0.1) is 17.8 Å². The summed E-state index contributed by atoms with van der Waals surface area (Å²) in [7, 11) is 0. The fraction of sp³-hybridized carbons (Fsp3) is 0.273. The summed E-state index contributed by atoms with van der Waals surface area (Å²) in [5, 5.41) is 2.80. The number of halogens is 1. The lowest BCUT2D eigenvalue weighted by Gasteiger charge is -2.10. The van der Waals surface area contributed by atoms with Crippen molar-refractivity contribution in [2.24, 2.45) is 11.7 Å². The molecule has 1 aromatic rings. The average Bonchev–Trinajstić information content (AvgIpc) is 2.68. The topological polar surface area (TPSA) is 68.0 Å². The van der Waals surface area contributed by atoms with Gasteiger partial charge in [-0.05, 0) is 34.5 Å². The Bertz CT molecular complexity index is 416. The summed E-state index contributed by atoms with van der Waals surface area (Å²) in [5.41, 5.74) is 6.39. The molecule has 0 spiro atoms. The molecule has 0 saturated heterocycles. The Kier molecular flexibility index (Phi) is 3.36. The van der Waals surface area contributed by atoms with Crippen molar-refractivity contribution in [3.63, 3.8) is 0 Å². The SMILES string of the molecule is NC1C=CC(C(=O)Nc2ccc(Br)nc2)C1. The Morgan fingerprint density at radius 3 is 2.88 bits per heavy atom. The maximum Gasteiger partial charge on any atom is 0.231 e. The lowest BCUT2D eigenvalue weighted by atomic mass is 10.1. The van der Waals surface area contributed by atoms with Gasteiger partial charge in [0.2, 0.25) is 5.91 Å². The highest BCUT2D eigenvalue weighted by atomic mass is 79.9. The minimum atomic E-state index is -0.126. The smallest absolute Gasteiger partial charge is 0.231 e. The number of nitrogens with zero attached hydrogens (tertiary/aromatic N) is 1. The molecule has 1 heterocycles. The molecule has 0 fully saturated rings. The Labute approximate surface area is 102 Å². The summed E-state index contributed by atoms with van der Waals surface area (Å²) in [5.74, 6) is -0.160. The molecule has 2 unspecified atom stereocenters. The molecule has 84 valence electrons. The van der Waals surface area contributed by atoms with Crippen LogP contribution in [-0.4, -0.2) is 16.9 Å². The van der Waals surface area contributed by atoms with E-state index in [0.717, 1.165) is 4.60 Å². The van der Waals surface area contributed by atoms with Gasteiger partial charge in [0.25, 0.3) is 0 Å². The number of hydrogen-bond donors (Lipinski definition) is 2. The highest BCUT2D eigenvalue weighted by Crippen LogP contribution is 2.19. The Balaban J connectivity index is 1.97. The molecule has 3 N–H and O–H groups in total. The molecule has 0 aliphatic heterocycles. The van der Waals surface area contributed by atoms with Gasteiger partial charge in [0.1, 0.15) is 4.60 Å². The van der Waals surface area contributed by atoms with Crippen molar-refractivity contribution in [2.45, 2.75) is 12.5 Å². The van der Waals surface area contributed by atoms with Crippen LogP contribution in [0.3, 0.4) is 0 Å². The lowest BCUT2D eigenvalue weighted by molar-refractivity contribution is -0.118. The predicted octanol–water partition coefficient (Wildman–Crippen LogP) is 1.69. The third-order valence-electron chi connectivity index (χ3n) is 2.45. The Hall–Kier alpha value is -1.20. The normalized spacial score (nSPS) is 23.4. The summed E-state index contributed by atoms with van der Waals surface area (Å²) in [4.78, 5) is 15.8. The first-order chi connectivity index (χ1) is 7.65. The number of rotatable bonds is 2. The molecule has 0 bridgehead atoms. The van der Waals surface area contributed by atoms with Crippen molar-refractivity contribution < 1.29 is 4.79 Å². The maximum absolute atomic E-state index is 11.8. The molecule has 1 aliphatic rings. The van der Waals surface area contributed by atoms with E-state index in [1.165, 1.54) is 0 Å². The maximum atomic E-state index is 11.8. The number of nitrogens with one attached hydrogen (secondary N) is 1. The zero-order chi connectivity index (χ0) is 11.5. The number of nitrogens with two attached hydrogens (primary N) is 1. The largest absolute Gasteiger partial charge is 0.324 e. The number of carbonyl (C=O) groups excluding carboxylic acids is 1. The van der Waals surface area contributed by atoms with Gasteiger partial charge in [-0.25, -0.2) is 4.98 Å². The van der Waals surface area contributed by atoms with Gasteiger partial charge in [-0.3, -0.25) is 4.79 Å². The van der Waals surface area contributed by atoms with Crippen LogP contribution in [0.15, 0.2) is 35.1 Å². The van der Waals surface area contributed by atoms with Gasteiger partial charge in [0, 0.05) is 6.04 Å². The highest BCUT2D eigenvalue weighted by Gasteiger charge is 2.22. The summed E-state index contributed by atoms with van der Waals surface area (Å²) in [6, 6.07) is 3.58. The van der Waals surface area contributed by atoms with Crippen molar-refractivity contribution in [1.29, 1.82) is 0 Å². The van der Waals surface area contributed by atoms with Gasteiger partial charge in [-0.15, -0.1) is 0 Å². The molecule has 16 heavy (non-hydrogen) atoms. The van der Waals surface area contributed by atoms with Crippen LogP contribution in [0.25, 0.3) is 0 Å². The standard InChI is InChI=1S/C11H12BrN3O/c12-10-4-3-9(6-14-10)15-11(16)7-1-2-8(13)5-7/h1-4,6-8H,5,13H2,(H,15,16). The van der Waals surface area contributed by atoms with Crippen molar-refractivity contribution >= 4 is 27.5 Å².